The van der Waals surface area contributed by atoms with Gasteiger partial charge in [0.15, 0.2) is 6.23 Å². The average Bonchev–Trinajstić information content (AvgIpc) is 3.70. The molecule has 13 heteroatoms. The number of ether oxygens (including phenoxy) is 2. The van der Waals surface area contributed by atoms with Gasteiger partial charge in [-0.15, -0.1) is 5.10 Å². The lowest BCUT2D eigenvalue weighted by Gasteiger charge is -2.71. The molecular formula is C50H82N4O9. The molecule has 356 valence electrons. The molecule has 5 aliphatic carbocycles. The topological polar surface area (TPSA) is 196 Å². The van der Waals surface area contributed by atoms with Gasteiger partial charge >= 0.3 is 5.97 Å². The summed E-state index contributed by atoms with van der Waals surface area (Å²) in [7, 11) is 0. The molecule has 5 fully saturated rings. The van der Waals surface area contributed by atoms with E-state index in [1.54, 1.807) is 0 Å². The van der Waals surface area contributed by atoms with Crippen LogP contribution in [0.1, 0.15) is 176 Å². The van der Waals surface area contributed by atoms with Gasteiger partial charge in [0.25, 0.3) is 0 Å². The first-order chi connectivity index (χ1) is 29.7. The van der Waals surface area contributed by atoms with E-state index in [0.29, 0.717) is 24.0 Å². The van der Waals surface area contributed by atoms with Crippen LogP contribution in [-0.4, -0.2) is 95.8 Å². The second-order valence-electron chi connectivity index (χ2n) is 23.2. The van der Waals surface area contributed by atoms with Crippen LogP contribution >= 0.6 is 0 Å². The van der Waals surface area contributed by atoms with E-state index in [-0.39, 0.29) is 64.0 Å². The minimum Gasteiger partial charge on any atom is -0.459 e. The molecule has 1 saturated heterocycles. The van der Waals surface area contributed by atoms with Gasteiger partial charge < -0.3 is 40.3 Å². The average molecular weight is 883 g/mol. The first-order valence-electron chi connectivity index (χ1n) is 24.8. The third-order valence-electron chi connectivity index (χ3n) is 18.7. The van der Waals surface area contributed by atoms with Crippen molar-refractivity contribution in [2.24, 2.45) is 50.2 Å². The summed E-state index contributed by atoms with van der Waals surface area (Å²) in [5.74, 6) is 0.890. The van der Waals surface area contributed by atoms with Crippen molar-refractivity contribution in [3.63, 3.8) is 0 Å². The summed E-state index contributed by atoms with van der Waals surface area (Å²) in [4.78, 5) is 26.9. The fraction of sp³-hybridized carbons (Fsp3) is 0.880. The van der Waals surface area contributed by atoms with E-state index in [9.17, 15) is 35.1 Å². The van der Waals surface area contributed by atoms with Crippen LogP contribution in [0.2, 0.25) is 0 Å². The lowest BCUT2D eigenvalue weighted by Crippen LogP contribution is -2.65. The van der Waals surface area contributed by atoms with E-state index in [1.807, 2.05) is 10.9 Å². The number of aryl methyl sites for hydroxylation is 1. The predicted molar refractivity (Wildman–Crippen MR) is 238 cm³/mol. The summed E-state index contributed by atoms with van der Waals surface area (Å²) in [6.45, 7) is 17.5. The highest BCUT2D eigenvalue weighted by Gasteiger charge is 2.69. The van der Waals surface area contributed by atoms with Crippen LogP contribution in [0.15, 0.2) is 17.8 Å². The van der Waals surface area contributed by atoms with Crippen LogP contribution in [0.3, 0.4) is 0 Å². The molecule has 6 aliphatic rings. The Balaban J connectivity index is 0.850. The molecule has 13 atom stereocenters. The molecule has 7 rings (SSSR count). The van der Waals surface area contributed by atoms with E-state index in [2.05, 4.69) is 70.2 Å². The second-order valence-corrected chi connectivity index (χ2v) is 23.2. The van der Waals surface area contributed by atoms with Crippen molar-refractivity contribution in [2.75, 3.05) is 6.61 Å². The lowest BCUT2D eigenvalue weighted by atomic mass is 9.33. The molecule has 6 N–H and O–H groups in total. The second kappa shape index (κ2) is 18.7. The van der Waals surface area contributed by atoms with Crippen molar-refractivity contribution in [3.05, 3.63) is 23.5 Å². The summed E-state index contributed by atoms with van der Waals surface area (Å²) < 4.78 is 13.5. The molecule has 1 aromatic heterocycles. The number of aliphatic hydroxyl groups excluding tert-OH is 5. The number of nitrogens with one attached hydrogen (secondary N) is 1. The monoisotopic (exact) mass is 883 g/mol. The summed E-state index contributed by atoms with van der Waals surface area (Å²) in [5, 5.41) is 61.7. The normalized spacial score (nSPS) is 40.4. The Morgan fingerprint density at radius 1 is 0.825 bits per heavy atom. The molecule has 63 heavy (non-hydrogen) atoms. The Kier molecular flexibility index (Phi) is 14.4. The standard InChI is InChI=1S/C50H82N4O9/c1-45(2)23-25-50(26-24-48(6)33(34(50)28-45)17-18-37-47(5)21-20-38(56)46(3,4)36(47)19-22-49(37,48)7)44(61)62-31-32-29-54(53-52-32)27-15-13-11-9-8-10-12-14-16-39(57)51-43-42(60)41(59)40(58)35(30-55)63-43/h17,29,34-38,40-43,55-56,58-60H,8-16,18-28,30-31H2,1-7H3,(H,51,57)/t34-,35+,36-,37+,38-,40+,41-,42+,43+,47-,48+,49+,50-/m0/s1. The van der Waals surface area contributed by atoms with Crippen molar-refractivity contribution in [2.45, 2.75) is 220 Å². The van der Waals surface area contributed by atoms with Gasteiger partial charge in [0.05, 0.1) is 24.3 Å². The molecule has 0 bridgehead atoms. The fourth-order valence-corrected chi connectivity index (χ4v) is 14.5. The van der Waals surface area contributed by atoms with Crippen LogP contribution in [0.4, 0.5) is 0 Å². The van der Waals surface area contributed by atoms with Gasteiger partial charge in [-0.25, -0.2) is 0 Å². The van der Waals surface area contributed by atoms with Gasteiger partial charge in [0.1, 0.15) is 36.7 Å². The number of hydrogen-bond acceptors (Lipinski definition) is 11. The van der Waals surface area contributed by atoms with Crippen LogP contribution in [0.5, 0.6) is 0 Å². The molecule has 0 aromatic carbocycles. The summed E-state index contributed by atoms with van der Waals surface area (Å²) in [5.41, 5.74) is 2.16. The zero-order valence-corrected chi connectivity index (χ0v) is 39.6. The Morgan fingerprint density at radius 2 is 1.51 bits per heavy atom. The number of aromatic nitrogens is 3. The number of allylic oxidation sites excluding steroid dienone is 2. The first-order valence-corrected chi connectivity index (χ1v) is 24.8. The van der Waals surface area contributed by atoms with Gasteiger partial charge in [-0.2, -0.15) is 0 Å². The molecular weight excluding hydrogens is 801 g/mol. The molecule has 0 spiro atoms. The number of unbranched alkanes of at least 4 members (excludes halogenated alkanes) is 7. The number of nitrogens with zero attached hydrogens (tertiary/aromatic N) is 3. The van der Waals surface area contributed by atoms with Gasteiger partial charge in [-0.05, 0) is 122 Å². The number of esters is 1. The van der Waals surface area contributed by atoms with Crippen molar-refractivity contribution in [1.29, 1.82) is 0 Å². The molecule has 1 aliphatic heterocycles. The highest BCUT2D eigenvalue weighted by atomic mass is 16.6. The van der Waals surface area contributed by atoms with Crippen molar-refractivity contribution < 1.29 is 44.6 Å². The molecule has 4 saturated carbocycles. The molecule has 1 amide bonds. The number of fused-ring (bicyclic) bond motifs is 7. The fourth-order valence-electron chi connectivity index (χ4n) is 14.5. The SMILES string of the molecule is CC1(C)CC[C@]2(C(=O)OCc3cn(CCCCCCCCCCC(=O)N[C@@H]4O[C@H](CO)[C@@H](O)[C@H](O)[C@H]4O)nn3)CC[C@]3(C)C(=CC[C@@H]4[C@@]5(C)CC[C@H](O)C(C)(C)[C@@H]5CC[C@]43C)[C@@H]2C1. The number of rotatable bonds is 16. The smallest absolute Gasteiger partial charge is 0.313 e. The van der Waals surface area contributed by atoms with E-state index in [4.69, 9.17) is 9.47 Å². The minimum atomic E-state index is -1.52. The number of amides is 1. The third-order valence-corrected chi connectivity index (χ3v) is 18.7. The Morgan fingerprint density at radius 3 is 2.22 bits per heavy atom. The first kappa shape index (κ1) is 48.5. The van der Waals surface area contributed by atoms with Gasteiger partial charge in [-0.3, -0.25) is 14.3 Å². The molecule has 0 unspecified atom stereocenters. The Hall–Kier alpha value is -2.42. The van der Waals surface area contributed by atoms with Crippen molar-refractivity contribution in [3.8, 4) is 0 Å². The van der Waals surface area contributed by atoms with Crippen LogP contribution in [-0.2, 0) is 32.2 Å². The van der Waals surface area contributed by atoms with E-state index < -0.39 is 42.7 Å². The number of aliphatic hydroxyl groups is 5. The maximum absolute atomic E-state index is 14.6. The Bertz CT molecular complexity index is 1800. The summed E-state index contributed by atoms with van der Waals surface area (Å²) in [6, 6.07) is 0. The van der Waals surface area contributed by atoms with Crippen molar-refractivity contribution >= 4 is 11.9 Å². The maximum Gasteiger partial charge on any atom is 0.313 e. The summed E-state index contributed by atoms with van der Waals surface area (Å²) >= 11 is 0. The largest absolute Gasteiger partial charge is 0.459 e. The molecule has 2 heterocycles. The van der Waals surface area contributed by atoms with E-state index in [0.717, 1.165) is 109 Å². The highest BCUT2D eigenvalue weighted by molar-refractivity contribution is 5.79. The van der Waals surface area contributed by atoms with Crippen molar-refractivity contribution in [1.82, 2.24) is 20.3 Å². The van der Waals surface area contributed by atoms with Gasteiger partial charge in [-0.1, -0.05) is 104 Å². The molecule has 1 aromatic rings. The zero-order valence-electron chi connectivity index (χ0n) is 39.6. The van der Waals surface area contributed by atoms with E-state index in [1.165, 1.54) is 12.0 Å². The number of carbonyl (C=O) groups is 2. The van der Waals surface area contributed by atoms with Crippen LogP contribution in [0.25, 0.3) is 0 Å². The van der Waals surface area contributed by atoms with Gasteiger partial charge in [0, 0.05) is 13.0 Å². The Labute approximate surface area is 376 Å². The summed E-state index contributed by atoms with van der Waals surface area (Å²) in [6.07, 6.45) is 16.0. The van der Waals surface area contributed by atoms with E-state index >= 15 is 0 Å². The minimum absolute atomic E-state index is 0.0268. The predicted octanol–water partition coefficient (Wildman–Crippen LogP) is 6.91. The third kappa shape index (κ3) is 9.07. The number of hydrogen-bond donors (Lipinski definition) is 6. The highest BCUT2D eigenvalue weighted by Crippen LogP contribution is 2.75. The molecule has 0 radical (unpaired) electrons. The zero-order chi connectivity index (χ0) is 45.6. The molecule has 13 nitrogen and oxygen atoms in total. The van der Waals surface area contributed by atoms with Crippen LogP contribution in [0, 0.1) is 50.2 Å². The quantitative estimate of drug-likeness (QED) is 0.0574. The maximum atomic E-state index is 14.6. The van der Waals surface area contributed by atoms with Crippen LogP contribution < -0.4 is 5.32 Å². The van der Waals surface area contributed by atoms with Gasteiger partial charge in [0.2, 0.25) is 5.91 Å². The number of carbonyl (C=O) groups excluding carboxylic acids is 2. The lowest BCUT2D eigenvalue weighted by molar-refractivity contribution is -0.236.